The van der Waals surface area contributed by atoms with E-state index < -0.39 is 0 Å². The first-order valence-electron chi connectivity index (χ1n) is 7.46. The number of nitrogens with zero attached hydrogens (tertiary/aromatic N) is 1. The molecule has 7 nitrogen and oxygen atoms in total. The molecule has 0 aliphatic carbocycles. The first kappa shape index (κ1) is 17.7. The Hall–Kier alpha value is -2.61. The Morgan fingerprint density at radius 1 is 1.29 bits per heavy atom. The summed E-state index contributed by atoms with van der Waals surface area (Å²) in [6.45, 7) is 4.53. The molecule has 0 saturated carbocycles. The van der Waals surface area contributed by atoms with Crippen LogP contribution in [0.2, 0.25) is 0 Å². The highest BCUT2D eigenvalue weighted by Crippen LogP contribution is 2.17. The standard InChI is InChI=1S/C16H20N4O3S/c1-11(21)20-13-4-3-5-14(8-13)23-7-6-17-16(22)19-10-15-9-18-12(2)24-15/h3-5,8-9H,6-7,10H2,1-2H3,(H,20,21)(H2,17,19,22). The number of ether oxygens (including phenoxy) is 1. The van der Waals surface area contributed by atoms with Crippen LogP contribution >= 0.6 is 11.3 Å². The van der Waals surface area contributed by atoms with E-state index in [2.05, 4.69) is 20.9 Å². The minimum atomic E-state index is -0.253. The summed E-state index contributed by atoms with van der Waals surface area (Å²) in [5, 5.41) is 9.13. The Bertz CT molecular complexity index is 702. The topological polar surface area (TPSA) is 92.4 Å². The number of nitrogens with one attached hydrogen (secondary N) is 3. The lowest BCUT2D eigenvalue weighted by Crippen LogP contribution is -2.37. The molecule has 3 amide bonds. The molecule has 3 N–H and O–H groups in total. The first-order chi connectivity index (χ1) is 11.5. The number of thiazole rings is 1. The summed E-state index contributed by atoms with van der Waals surface area (Å²) in [5.41, 5.74) is 0.672. The second kappa shape index (κ2) is 8.88. The van der Waals surface area contributed by atoms with E-state index in [-0.39, 0.29) is 11.9 Å². The number of anilines is 1. The van der Waals surface area contributed by atoms with Crippen LogP contribution in [-0.2, 0) is 11.3 Å². The number of carbonyl (C=O) groups excluding carboxylic acids is 2. The number of amides is 3. The van der Waals surface area contributed by atoms with E-state index in [4.69, 9.17) is 4.74 Å². The van der Waals surface area contributed by atoms with Gasteiger partial charge < -0.3 is 20.7 Å². The smallest absolute Gasteiger partial charge is 0.315 e. The molecular weight excluding hydrogens is 328 g/mol. The van der Waals surface area contributed by atoms with Crippen molar-refractivity contribution in [1.82, 2.24) is 15.6 Å². The van der Waals surface area contributed by atoms with Crippen LogP contribution < -0.4 is 20.7 Å². The molecule has 0 bridgehead atoms. The average molecular weight is 348 g/mol. The lowest BCUT2D eigenvalue weighted by molar-refractivity contribution is -0.114. The zero-order valence-corrected chi connectivity index (χ0v) is 14.4. The molecule has 0 aliphatic heterocycles. The van der Waals surface area contributed by atoms with Crippen molar-refractivity contribution in [3.8, 4) is 5.75 Å². The van der Waals surface area contributed by atoms with Crippen LogP contribution in [0.4, 0.5) is 10.5 Å². The fourth-order valence-electron chi connectivity index (χ4n) is 1.92. The monoisotopic (exact) mass is 348 g/mol. The largest absolute Gasteiger partial charge is 0.492 e. The third-order valence-corrected chi connectivity index (χ3v) is 3.82. The molecule has 8 heteroatoms. The van der Waals surface area contributed by atoms with Gasteiger partial charge in [0.05, 0.1) is 18.1 Å². The second-order valence-electron chi connectivity index (χ2n) is 5.01. The van der Waals surface area contributed by atoms with Gasteiger partial charge in [0.15, 0.2) is 0 Å². The number of rotatable bonds is 7. The van der Waals surface area contributed by atoms with Gasteiger partial charge in [0.2, 0.25) is 5.91 Å². The number of carbonyl (C=O) groups is 2. The fourth-order valence-corrected chi connectivity index (χ4v) is 2.65. The van der Waals surface area contributed by atoms with Gasteiger partial charge >= 0.3 is 6.03 Å². The highest BCUT2D eigenvalue weighted by atomic mass is 32.1. The number of aryl methyl sites for hydroxylation is 1. The Kier molecular flexibility index (Phi) is 6.56. The summed E-state index contributed by atoms with van der Waals surface area (Å²) in [7, 11) is 0. The van der Waals surface area contributed by atoms with Gasteiger partial charge in [-0.15, -0.1) is 11.3 Å². The minimum Gasteiger partial charge on any atom is -0.492 e. The van der Waals surface area contributed by atoms with Gasteiger partial charge in [0.1, 0.15) is 12.4 Å². The first-order valence-corrected chi connectivity index (χ1v) is 8.28. The molecule has 1 aromatic heterocycles. The van der Waals surface area contributed by atoms with Gasteiger partial charge in [0.25, 0.3) is 0 Å². The quantitative estimate of drug-likeness (QED) is 0.669. The highest BCUT2D eigenvalue weighted by Gasteiger charge is 2.03. The number of hydrogen-bond donors (Lipinski definition) is 3. The van der Waals surface area contributed by atoms with Gasteiger partial charge in [0, 0.05) is 29.8 Å². The summed E-state index contributed by atoms with van der Waals surface area (Å²) in [5.74, 6) is 0.491. The molecule has 0 fully saturated rings. The van der Waals surface area contributed by atoms with Crippen LogP contribution in [0.3, 0.4) is 0 Å². The predicted molar refractivity (Wildman–Crippen MR) is 93.3 cm³/mol. The van der Waals surface area contributed by atoms with Crippen LogP contribution in [0.15, 0.2) is 30.5 Å². The lowest BCUT2D eigenvalue weighted by Gasteiger charge is -2.10. The maximum absolute atomic E-state index is 11.7. The number of benzene rings is 1. The minimum absolute atomic E-state index is 0.137. The Morgan fingerprint density at radius 2 is 2.12 bits per heavy atom. The highest BCUT2D eigenvalue weighted by molar-refractivity contribution is 7.11. The molecule has 0 unspecified atom stereocenters. The molecule has 24 heavy (non-hydrogen) atoms. The van der Waals surface area contributed by atoms with Gasteiger partial charge in [-0.25, -0.2) is 9.78 Å². The van der Waals surface area contributed by atoms with Gasteiger partial charge in [-0.1, -0.05) is 6.07 Å². The molecule has 0 spiro atoms. The molecule has 2 rings (SSSR count). The summed E-state index contributed by atoms with van der Waals surface area (Å²) in [6.07, 6.45) is 1.76. The van der Waals surface area contributed by atoms with Crippen molar-refractivity contribution >= 4 is 29.0 Å². The summed E-state index contributed by atoms with van der Waals surface area (Å²) in [6, 6.07) is 6.83. The van der Waals surface area contributed by atoms with Gasteiger partial charge in [-0.3, -0.25) is 4.79 Å². The van der Waals surface area contributed by atoms with E-state index in [9.17, 15) is 9.59 Å². The molecule has 0 radical (unpaired) electrons. The third kappa shape index (κ3) is 6.25. The zero-order chi connectivity index (χ0) is 17.4. The number of urea groups is 1. The number of aromatic nitrogens is 1. The SMILES string of the molecule is CC(=O)Nc1cccc(OCCNC(=O)NCc2cnc(C)s2)c1. The van der Waals surface area contributed by atoms with Crippen LogP contribution in [0.25, 0.3) is 0 Å². The Morgan fingerprint density at radius 3 is 2.83 bits per heavy atom. The van der Waals surface area contributed by atoms with Crippen molar-refractivity contribution in [3.63, 3.8) is 0 Å². The van der Waals surface area contributed by atoms with Crippen molar-refractivity contribution in [2.75, 3.05) is 18.5 Å². The lowest BCUT2D eigenvalue weighted by atomic mass is 10.3. The van der Waals surface area contributed by atoms with Crippen LogP contribution in [-0.4, -0.2) is 30.1 Å². The van der Waals surface area contributed by atoms with Crippen molar-refractivity contribution < 1.29 is 14.3 Å². The number of hydrogen-bond acceptors (Lipinski definition) is 5. The van der Waals surface area contributed by atoms with Gasteiger partial charge in [-0.05, 0) is 19.1 Å². The van der Waals surface area contributed by atoms with Gasteiger partial charge in [-0.2, -0.15) is 0 Å². The molecule has 0 atom stereocenters. The van der Waals surface area contributed by atoms with Crippen molar-refractivity contribution in [2.24, 2.45) is 0 Å². The van der Waals surface area contributed by atoms with E-state index in [1.54, 1.807) is 41.8 Å². The molecule has 2 aromatic rings. The molecule has 0 aliphatic rings. The Labute approximate surface area is 144 Å². The van der Waals surface area contributed by atoms with Crippen molar-refractivity contribution in [3.05, 3.63) is 40.3 Å². The van der Waals surface area contributed by atoms with E-state index in [1.165, 1.54) is 6.92 Å². The summed E-state index contributed by atoms with van der Waals surface area (Å²) in [4.78, 5) is 27.8. The van der Waals surface area contributed by atoms with Crippen LogP contribution in [0, 0.1) is 6.92 Å². The summed E-state index contributed by atoms with van der Waals surface area (Å²) >= 11 is 1.55. The van der Waals surface area contributed by atoms with Crippen LogP contribution in [0.1, 0.15) is 16.8 Å². The zero-order valence-electron chi connectivity index (χ0n) is 13.6. The fraction of sp³-hybridized carbons (Fsp3) is 0.312. The van der Waals surface area contributed by atoms with Crippen molar-refractivity contribution in [2.45, 2.75) is 20.4 Å². The van der Waals surface area contributed by atoms with E-state index in [0.717, 1.165) is 9.88 Å². The maximum atomic E-state index is 11.7. The third-order valence-electron chi connectivity index (χ3n) is 2.90. The van der Waals surface area contributed by atoms with E-state index in [1.807, 2.05) is 6.92 Å². The molecule has 1 heterocycles. The molecule has 1 aromatic carbocycles. The maximum Gasteiger partial charge on any atom is 0.315 e. The summed E-state index contributed by atoms with van der Waals surface area (Å²) < 4.78 is 5.54. The molecular formula is C16H20N4O3S. The molecule has 0 saturated heterocycles. The van der Waals surface area contributed by atoms with E-state index >= 15 is 0 Å². The van der Waals surface area contributed by atoms with E-state index in [0.29, 0.717) is 31.1 Å². The second-order valence-corrected chi connectivity index (χ2v) is 6.33. The van der Waals surface area contributed by atoms with Crippen LogP contribution in [0.5, 0.6) is 5.75 Å². The Balaban J connectivity index is 1.65. The van der Waals surface area contributed by atoms with Crippen molar-refractivity contribution in [1.29, 1.82) is 0 Å². The molecule has 128 valence electrons. The predicted octanol–water partition coefficient (Wildman–Crippen LogP) is 2.29. The average Bonchev–Trinajstić information content (AvgIpc) is 2.95. The normalized spacial score (nSPS) is 10.1.